The van der Waals surface area contributed by atoms with Gasteiger partial charge in [0.05, 0.1) is 22.7 Å². The van der Waals surface area contributed by atoms with Crippen LogP contribution in [0.15, 0.2) is 59.5 Å². The topological polar surface area (TPSA) is 66.5 Å². The van der Waals surface area contributed by atoms with E-state index in [1.54, 1.807) is 18.2 Å². The second-order valence-electron chi connectivity index (χ2n) is 5.34. The van der Waals surface area contributed by atoms with Crippen molar-refractivity contribution in [2.75, 3.05) is 18.4 Å². The van der Waals surface area contributed by atoms with E-state index in [1.165, 1.54) is 31.2 Å². The third kappa shape index (κ3) is 4.61. The molecule has 9 heteroatoms. The lowest BCUT2D eigenvalue weighted by Gasteiger charge is -2.20. The van der Waals surface area contributed by atoms with Crippen LogP contribution in [0.4, 0.5) is 18.9 Å². The molecule has 5 nitrogen and oxygen atoms in total. The molecule has 1 N–H and O–H groups in total. The number of hydrogen-bond acceptors (Lipinski definition) is 3. The maximum atomic E-state index is 13.0. The Morgan fingerprint density at radius 3 is 2.19 bits per heavy atom. The summed E-state index contributed by atoms with van der Waals surface area (Å²) >= 11 is 0. The molecule has 2 rings (SSSR count). The molecular weight excluding hydrogens is 369 g/mol. The van der Waals surface area contributed by atoms with Gasteiger partial charge < -0.3 is 5.32 Å². The van der Waals surface area contributed by atoms with Gasteiger partial charge >= 0.3 is 6.18 Å². The van der Waals surface area contributed by atoms with Crippen LogP contribution in [-0.2, 0) is 21.0 Å². The van der Waals surface area contributed by atoms with Crippen LogP contribution in [0.3, 0.4) is 0 Å². The maximum absolute atomic E-state index is 13.0. The van der Waals surface area contributed by atoms with E-state index < -0.39 is 39.9 Å². The highest BCUT2D eigenvalue weighted by atomic mass is 32.2. The van der Waals surface area contributed by atoms with Gasteiger partial charge in [0.2, 0.25) is 15.9 Å². The molecule has 0 atom stereocenters. The van der Waals surface area contributed by atoms with E-state index in [4.69, 9.17) is 0 Å². The minimum Gasteiger partial charge on any atom is -0.324 e. The van der Waals surface area contributed by atoms with Gasteiger partial charge in [-0.15, -0.1) is 0 Å². The molecule has 0 fully saturated rings. The molecule has 0 aliphatic rings. The molecule has 0 aliphatic heterocycles. The Labute approximate surface area is 149 Å². The smallest absolute Gasteiger partial charge is 0.324 e. The zero-order chi connectivity index (χ0) is 19.4. The van der Waals surface area contributed by atoms with Crippen molar-refractivity contribution in [1.29, 1.82) is 0 Å². The number of amides is 1. The van der Waals surface area contributed by atoms with Crippen LogP contribution in [0.25, 0.3) is 0 Å². The number of anilines is 1. The molecular formula is C17H17F3N2O3S. The lowest BCUT2D eigenvalue weighted by molar-refractivity contribution is -0.137. The number of carbonyl (C=O) groups is 1. The number of alkyl halides is 3. The SMILES string of the molecule is CCN(CC(=O)Nc1ccccc1C(F)(F)F)S(=O)(=O)c1ccccc1. The number of hydrogen-bond donors (Lipinski definition) is 1. The third-order valence-electron chi connectivity index (χ3n) is 3.56. The van der Waals surface area contributed by atoms with Gasteiger partial charge in [-0.3, -0.25) is 4.79 Å². The first-order valence-corrected chi connectivity index (χ1v) is 9.11. The summed E-state index contributed by atoms with van der Waals surface area (Å²) in [5.74, 6) is -0.858. The monoisotopic (exact) mass is 386 g/mol. The zero-order valence-corrected chi connectivity index (χ0v) is 14.6. The van der Waals surface area contributed by atoms with Gasteiger partial charge in [0.1, 0.15) is 0 Å². The molecule has 0 aromatic heterocycles. The second-order valence-corrected chi connectivity index (χ2v) is 7.27. The number of sulfonamides is 1. The summed E-state index contributed by atoms with van der Waals surface area (Å²) in [7, 11) is -3.93. The Balaban J connectivity index is 2.19. The number of benzene rings is 2. The summed E-state index contributed by atoms with van der Waals surface area (Å²) in [4.78, 5) is 12.2. The van der Waals surface area contributed by atoms with Gasteiger partial charge in [-0.05, 0) is 24.3 Å². The summed E-state index contributed by atoms with van der Waals surface area (Å²) in [6, 6.07) is 12.0. The van der Waals surface area contributed by atoms with Gasteiger partial charge in [-0.2, -0.15) is 17.5 Å². The Hall–Kier alpha value is -2.39. The largest absolute Gasteiger partial charge is 0.418 e. The summed E-state index contributed by atoms with van der Waals surface area (Å²) in [6.45, 7) is 0.933. The number of para-hydroxylation sites is 1. The van der Waals surface area contributed by atoms with E-state index in [0.717, 1.165) is 16.4 Å². The number of nitrogens with zero attached hydrogens (tertiary/aromatic N) is 1. The Morgan fingerprint density at radius 1 is 1.04 bits per heavy atom. The quantitative estimate of drug-likeness (QED) is 0.828. The van der Waals surface area contributed by atoms with Gasteiger partial charge in [0, 0.05) is 6.54 Å². The maximum Gasteiger partial charge on any atom is 0.418 e. The molecule has 2 aromatic carbocycles. The van der Waals surface area contributed by atoms with Crippen molar-refractivity contribution < 1.29 is 26.4 Å². The molecule has 0 heterocycles. The van der Waals surface area contributed by atoms with Crippen molar-refractivity contribution in [2.45, 2.75) is 18.0 Å². The van der Waals surface area contributed by atoms with E-state index in [1.807, 2.05) is 0 Å². The molecule has 0 unspecified atom stereocenters. The molecule has 2 aromatic rings. The average Bonchev–Trinajstić information content (AvgIpc) is 2.59. The van der Waals surface area contributed by atoms with E-state index in [2.05, 4.69) is 5.32 Å². The van der Waals surface area contributed by atoms with Crippen molar-refractivity contribution in [2.24, 2.45) is 0 Å². The fraction of sp³-hybridized carbons (Fsp3) is 0.235. The van der Waals surface area contributed by atoms with Crippen LogP contribution >= 0.6 is 0 Å². The first kappa shape index (κ1) is 19.9. The van der Waals surface area contributed by atoms with Crippen molar-refractivity contribution in [1.82, 2.24) is 4.31 Å². The minimum absolute atomic E-state index is 0.00495. The molecule has 26 heavy (non-hydrogen) atoms. The van der Waals surface area contributed by atoms with Gasteiger partial charge in [0.15, 0.2) is 0 Å². The second kappa shape index (κ2) is 7.88. The molecule has 0 saturated heterocycles. The number of carbonyl (C=O) groups excluding carboxylic acids is 1. The highest BCUT2D eigenvalue weighted by Crippen LogP contribution is 2.34. The van der Waals surface area contributed by atoms with E-state index in [0.29, 0.717) is 0 Å². The summed E-state index contributed by atoms with van der Waals surface area (Å²) in [5, 5.41) is 2.14. The van der Waals surface area contributed by atoms with Crippen LogP contribution in [0.2, 0.25) is 0 Å². The van der Waals surface area contributed by atoms with Crippen LogP contribution in [0, 0.1) is 0 Å². The van der Waals surface area contributed by atoms with Gasteiger partial charge in [0.25, 0.3) is 0 Å². The average molecular weight is 386 g/mol. The number of nitrogens with one attached hydrogen (secondary N) is 1. The standard InChI is InChI=1S/C17H17F3N2O3S/c1-2-22(26(24,25)13-8-4-3-5-9-13)12-16(23)21-15-11-7-6-10-14(15)17(18,19)20/h3-11H,2,12H2,1H3,(H,21,23). The summed E-state index contributed by atoms with van der Waals surface area (Å²) in [5.41, 5.74) is -1.42. The third-order valence-corrected chi connectivity index (χ3v) is 5.50. The van der Waals surface area contributed by atoms with Gasteiger partial charge in [-0.25, -0.2) is 8.42 Å². The predicted octanol–water partition coefficient (Wildman–Crippen LogP) is 3.35. The van der Waals surface area contributed by atoms with Gasteiger partial charge in [-0.1, -0.05) is 37.3 Å². The number of rotatable bonds is 6. The molecule has 1 amide bonds. The van der Waals surface area contributed by atoms with Crippen molar-refractivity contribution in [3.63, 3.8) is 0 Å². The van der Waals surface area contributed by atoms with E-state index >= 15 is 0 Å². The van der Waals surface area contributed by atoms with E-state index in [-0.39, 0.29) is 11.4 Å². The zero-order valence-electron chi connectivity index (χ0n) is 13.8. The Bertz CT molecular complexity index is 868. The van der Waals surface area contributed by atoms with Crippen molar-refractivity contribution >= 4 is 21.6 Å². The highest BCUT2D eigenvalue weighted by Gasteiger charge is 2.34. The van der Waals surface area contributed by atoms with Crippen LogP contribution < -0.4 is 5.32 Å². The lowest BCUT2D eigenvalue weighted by Crippen LogP contribution is -2.38. The predicted molar refractivity (Wildman–Crippen MR) is 90.9 cm³/mol. The molecule has 0 saturated carbocycles. The fourth-order valence-corrected chi connectivity index (χ4v) is 3.72. The Kier molecular flexibility index (Phi) is 6.04. The molecule has 0 radical (unpaired) electrons. The molecule has 0 spiro atoms. The lowest BCUT2D eigenvalue weighted by atomic mass is 10.1. The summed E-state index contributed by atoms with van der Waals surface area (Å²) in [6.07, 6.45) is -4.63. The van der Waals surface area contributed by atoms with Crippen LogP contribution in [-0.4, -0.2) is 31.7 Å². The fourth-order valence-electron chi connectivity index (χ4n) is 2.30. The normalized spacial score (nSPS) is 12.2. The van der Waals surface area contributed by atoms with Crippen molar-refractivity contribution in [3.8, 4) is 0 Å². The number of halogens is 3. The molecule has 0 aliphatic carbocycles. The van der Waals surface area contributed by atoms with E-state index in [9.17, 15) is 26.4 Å². The van der Waals surface area contributed by atoms with Crippen LogP contribution in [0.5, 0.6) is 0 Å². The molecule has 0 bridgehead atoms. The first-order chi connectivity index (χ1) is 12.2. The Morgan fingerprint density at radius 2 is 1.62 bits per heavy atom. The summed E-state index contributed by atoms with van der Waals surface area (Å²) < 4.78 is 64.9. The highest BCUT2D eigenvalue weighted by molar-refractivity contribution is 7.89. The first-order valence-electron chi connectivity index (χ1n) is 7.67. The van der Waals surface area contributed by atoms with Crippen molar-refractivity contribution in [3.05, 3.63) is 60.2 Å². The number of likely N-dealkylation sites (N-methyl/N-ethyl adjacent to an activating group) is 1. The molecule has 140 valence electrons. The van der Waals surface area contributed by atoms with Crippen LogP contribution in [0.1, 0.15) is 12.5 Å². The minimum atomic E-state index is -4.63.